The van der Waals surface area contributed by atoms with Gasteiger partial charge in [0.2, 0.25) is 0 Å². The lowest BCUT2D eigenvalue weighted by atomic mass is 10.3. The third-order valence-electron chi connectivity index (χ3n) is 1.89. The highest BCUT2D eigenvalue weighted by molar-refractivity contribution is 5.07. The summed E-state index contributed by atoms with van der Waals surface area (Å²) in [6, 6.07) is 0. The number of rotatable bonds is 4. The summed E-state index contributed by atoms with van der Waals surface area (Å²) >= 11 is 0. The first kappa shape index (κ1) is 10.9. The van der Waals surface area contributed by atoms with Gasteiger partial charge in [-0.05, 0) is 13.0 Å². The third kappa shape index (κ3) is 2.95. The Kier molecular flexibility index (Phi) is 3.81. The summed E-state index contributed by atoms with van der Waals surface area (Å²) < 4.78 is 0. The molecule has 14 heavy (non-hydrogen) atoms. The van der Waals surface area contributed by atoms with Crippen LogP contribution in [0.25, 0.3) is 0 Å². The number of hydrogen-bond acceptors (Lipinski definition) is 7. The van der Waals surface area contributed by atoms with E-state index in [0.717, 1.165) is 0 Å². The van der Waals surface area contributed by atoms with Crippen LogP contribution in [-0.2, 0) is 0 Å². The first-order chi connectivity index (χ1) is 6.63. The van der Waals surface area contributed by atoms with Gasteiger partial charge in [0.05, 0.1) is 18.9 Å². The fourth-order valence-corrected chi connectivity index (χ4v) is 1.27. The van der Waals surface area contributed by atoms with Crippen LogP contribution >= 0.6 is 0 Å². The van der Waals surface area contributed by atoms with Gasteiger partial charge in [0.25, 0.3) is 0 Å². The van der Waals surface area contributed by atoms with Gasteiger partial charge in [-0.1, -0.05) is 5.18 Å². The fraction of sp³-hybridized carbons (Fsp3) is 0.714. The molecule has 1 heterocycles. The van der Waals surface area contributed by atoms with E-state index >= 15 is 0 Å². The summed E-state index contributed by atoms with van der Waals surface area (Å²) in [5.74, 6) is 6.39. The first-order valence-corrected chi connectivity index (χ1v) is 4.45. The standard InChI is InChI=1S/C7H16N6O/c1-5-11-6(8)4-7(12-5)13(9)3-2-10-14/h4-6,11-12H,2-3,8-9H2,1H3. The zero-order valence-electron chi connectivity index (χ0n) is 8.10. The Hall–Kier alpha value is -1.18. The van der Waals surface area contributed by atoms with Gasteiger partial charge in [-0.2, -0.15) is 4.91 Å². The average molecular weight is 200 g/mol. The largest absolute Gasteiger partial charge is 0.356 e. The highest BCUT2D eigenvalue weighted by Gasteiger charge is 2.16. The second-order valence-electron chi connectivity index (χ2n) is 3.16. The molecule has 0 aliphatic carbocycles. The molecule has 6 N–H and O–H groups in total. The van der Waals surface area contributed by atoms with E-state index in [1.54, 1.807) is 6.08 Å². The van der Waals surface area contributed by atoms with Crippen molar-refractivity contribution in [3.63, 3.8) is 0 Å². The first-order valence-electron chi connectivity index (χ1n) is 4.45. The van der Waals surface area contributed by atoms with Crippen LogP contribution in [0.2, 0.25) is 0 Å². The molecule has 0 aromatic carbocycles. The van der Waals surface area contributed by atoms with Gasteiger partial charge in [-0.3, -0.25) is 10.3 Å². The summed E-state index contributed by atoms with van der Waals surface area (Å²) in [7, 11) is 0. The van der Waals surface area contributed by atoms with Crippen LogP contribution in [0.4, 0.5) is 0 Å². The molecule has 0 aromatic rings. The van der Waals surface area contributed by atoms with E-state index in [1.165, 1.54) is 5.01 Å². The molecule has 2 atom stereocenters. The van der Waals surface area contributed by atoms with Gasteiger partial charge in [-0.15, -0.1) is 0 Å². The minimum atomic E-state index is -0.225. The van der Waals surface area contributed by atoms with E-state index < -0.39 is 0 Å². The summed E-state index contributed by atoms with van der Waals surface area (Å²) in [6.07, 6.45) is 1.59. The topological polar surface area (TPSA) is 109 Å². The van der Waals surface area contributed by atoms with Crippen molar-refractivity contribution in [2.45, 2.75) is 19.3 Å². The lowest BCUT2D eigenvalue weighted by Crippen LogP contribution is -2.56. The van der Waals surface area contributed by atoms with E-state index in [2.05, 4.69) is 15.8 Å². The summed E-state index contributed by atoms with van der Waals surface area (Å²) in [5, 5.41) is 10.3. The quantitative estimate of drug-likeness (QED) is 0.252. The molecular weight excluding hydrogens is 184 g/mol. The maximum Gasteiger partial charge on any atom is 0.116 e. The smallest absolute Gasteiger partial charge is 0.116 e. The third-order valence-corrected chi connectivity index (χ3v) is 1.89. The highest BCUT2D eigenvalue weighted by atomic mass is 16.3. The van der Waals surface area contributed by atoms with Crippen molar-refractivity contribution in [2.24, 2.45) is 16.8 Å². The van der Waals surface area contributed by atoms with Crippen LogP contribution in [0.15, 0.2) is 17.1 Å². The maximum atomic E-state index is 9.91. The average Bonchev–Trinajstić information content (AvgIpc) is 2.12. The second-order valence-corrected chi connectivity index (χ2v) is 3.16. The molecule has 0 fully saturated rings. The number of nitroso groups, excluding NO2 is 1. The Morgan fingerprint density at radius 2 is 2.43 bits per heavy atom. The van der Waals surface area contributed by atoms with Crippen molar-refractivity contribution < 1.29 is 0 Å². The minimum absolute atomic E-state index is 0.0558. The van der Waals surface area contributed by atoms with Crippen molar-refractivity contribution in [3.8, 4) is 0 Å². The van der Waals surface area contributed by atoms with E-state index in [-0.39, 0.29) is 18.9 Å². The Morgan fingerprint density at radius 3 is 3.00 bits per heavy atom. The van der Waals surface area contributed by atoms with Crippen molar-refractivity contribution >= 4 is 0 Å². The van der Waals surface area contributed by atoms with E-state index in [1.807, 2.05) is 6.92 Å². The number of nitrogens with two attached hydrogens (primary N) is 2. The van der Waals surface area contributed by atoms with Crippen molar-refractivity contribution in [2.75, 3.05) is 13.1 Å². The molecule has 0 bridgehead atoms. The molecule has 2 unspecified atom stereocenters. The normalized spacial score (nSPS) is 26.4. The van der Waals surface area contributed by atoms with Crippen molar-refractivity contribution in [1.29, 1.82) is 0 Å². The molecule has 0 aromatic heterocycles. The predicted molar refractivity (Wildman–Crippen MR) is 53.3 cm³/mol. The lowest BCUT2D eigenvalue weighted by Gasteiger charge is -2.32. The number of hydrogen-bond donors (Lipinski definition) is 4. The van der Waals surface area contributed by atoms with E-state index in [4.69, 9.17) is 11.6 Å². The molecule has 1 aliphatic heterocycles. The predicted octanol–water partition coefficient (Wildman–Crippen LogP) is -1.41. The minimum Gasteiger partial charge on any atom is -0.356 e. The van der Waals surface area contributed by atoms with Crippen molar-refractivity contribution in [1.82, 2.24) is 15.6 Å². The van der Waals surface area contributed by atoms with Gasteiger partial charge >= 0.3 is 0 Å². The monoisotopic (exact) mass is 200 g/mol. The molecule has 1 aliphatic rings. The zero-order chi connectivity index (χ0) is 10.6. The maximum absolute atomic E-state index is 9.91. The molecule has 0 saturated carbocycles. The lowest BCUT2D eigenvalue weighted by molar-refractivity contribution is 0.291. The molecule has 1 rings (SSSR count). The molecule has 7 nitrogen and oxygen atoms in total. The van der Waals surface area contributed by atoms with Gasteiger partial charge in [0.15, 0.2) is 0 Å². The Morgan fingerprint density at radius 1 is 1.71 bits per heavy atom. The summed E-state index contributed by atoms with van der Waals surface area (Å²) in [6.45, 7) is 2.47. The zero-order valence-corrected chi connectivity index (χ0v) is 8.10. The number of nitrogens with one attached hydrogen (secondary N) is 2. The Labute approximate surface area is 82.4 Å². The summed E-state index contributed by atoms with van der Waals surface area (Å²) in [5.41, 5.74) is 5.69. The van der Waals surface area contributed by atoms with Gasteiger partial charge < -0.3 is 11.1 Å². The van der Waals surface area contributed by atoms with Gasteiger partial charge in [0.1, 0.15) is 12.4 Å². The van der Waals surface area contributed by atoms with E-state index in [9.17, 15) is 4.91 Å². The molecule has 0 radical (unpaired) electrons. The molecular formula is C7H16N6O. The van der Waals surface area contributed by atoms with E-state index in [0.29, 0.717) is 12.4 Å². The van der Waals surface area contributed by atoms with Crippen LogP contribution in [-0.4, -0.2) is 30.4 Å². The van der Waals surface area contributed by atoms with Crippen LogP contribution < -0.4 is 22.2 Å². The molecule has 0 amide bonds. The van der Waals surface area contributed by atoms with Crippen LogP contribution in [0.3, 0.4) is 0 Å². The fourth-order valence-electron chi connectivity index (χ4n) is 1.27. The SMILES string of the molecule is CC1NC(N(N)CCN=O)=CC(N)N1. The number of hydrazine groups is 1. The molecule has 7 heteroatoms. The Bertz CT molecular complexity index is 230. The summed E-state index contributed by atoms with van der Waals surface area (Å²) in [4.78, 5) is 9.91. The molecule has 0 spiro atoms. The van der Waals surface area contributed by atoms with Gasteiger partial charge in [-0.25, -0.2) is 5.84 Å². The van der Waals surface area contributed by atoms with Crippen LogP contribution in [0.1, 0.15) is 6.92 Å². The number of nitrogens with zero attached hydrogens (tertiary/aromatic N) is 2. The molecule has 0 saturated heterocycles. The highest BCUT2D eigenvalue weighted by Crippen LogP contribution is 2.01. The van der Waals surface area contributed by atoms with Crippen molar-refractivity contribution in [3.05, 3.63) is 16.8 Å². The van der Waals surface area contributed by atoms with Gasteiger partial charge in [0, 0.05) is 0 Å². The Balaban J connectivity index is 2.52. The molecule has 80 valence electrons. The van der Waals surface area contributed by atoms with Crippen LogP contribution in [0, 0.1) is 4.91 Å². The second kappa shape index (κ2) is 4.89. The van der Waals surface area contributed by atoms with Crippen LogP contribution in [0.5, 0.6) is 0 Å².